The number of hydrogen-bond donors (Lipinski definition) is 3. The van der Waals surface area contributed by atoms with Crippen LogP contribution in [0.3, 0.4) is 0 Å². The minimum atomic E-state index is -0.663. The molecule has 0 rings (SSSR count). The summed E-state index contributed by atoms with van der Waals surface area (Å²) in [6.45, 7) is 5.01. The number of carbonyl (C=O) groups is 2. The summed E-state index contributed by atoms with van der Waals surface area (Å²) in [5, 5.41) is 23.5. The maximum atomic E-state index is 12.6. The molecule has 0 aliphatic carbocycles. The zero-order valence-electron chi connectivity index (χ0n) is 57.4. The van der Waals surface area contributed by atoms with E-state index in [4.69, 9.17) is 4.74 Å². The topological polar surface area (TPSA) is 95.9 Å². The third-order valence-corrected chi connectivity index (χ3v) is 18.6. The zero-order valence-corrected chi connectivity index (χ0v) is 57.4. The first-order valence-corrected chi connectivity index (χ1v) is 38.9. The maximum Gasteiger partial charge on any atom is 0.305 e. The van der Waals surface area contributed by atoms with Crippen LogP contribution in [0.25, 0.3) is 0 Å². The summed E-state index contributed by atoms with van der Waals surface area (Å²) in [7, 11) is 0. The molecule has 0 aliphatic heterocycles. The highest BCUT2D eigenvalue weighted by Crippen LogP contribution is 2.20. The van der Waals surface area contributed by atoms with Crippen molar-refractivity contribution in [1.29, 1.82) is 0 Å². The van der Waals surface area contributed by atoms with Gasteiger partial charge in [0, 0.05) is 12.8 Å². The van der Waals surface area contributed by atoms with Crippen molar-refractivity contribution < 1.29 is 24.5 Å². The first-order valence-electron chi connectivity index (χ1n) is 38.9. The van der Waals surface area contributed by atoms with Crippen LogP contribution in [0.5, 0.6) is 0 Å². The third-order valence-electron chi connectivity index (χ3n) is 18.6. The van der Waals surface area contributed by atoms with Crippen LogP contribution >= 0.6 is 0 Å². The molecule has 2 atom stereocenters. The van der Waals surface area contributed by atoms with E-state index < -0.39 is 12.1 Å². The molecule has 0 aromatic rings. The summed E-state index contributed by atoms with van der Waals surface area (Å²) in [5.41, 5.74) is 0. The number of carbonyl (C=O) groups excluding carboxylic acids is 2. The Morgan fingerprint density at radius 1 is 0.321 bits per heavy atom. The Bertz CT molecular complexity index is 1270. The van der Waals surface area contributed by atoms with Crippen molar-refractivity contribution >= 4 is 11.9 Å². The molecule has 0 aromatic carbocycles. The summed E-state index contributed by atoms with van der Waals surface area (Å²) in [5.74, 6) is -0.00898. The molecule has 0 spiro atoms. The molecule has 0 radical (unpaired) electrons. The molecule has 84 heavy (non-hydrogen) atoms. The van der Waals surface area contributed by atoms with Crippen molar-refractivity contribution in [2.45, 2.75) is 463 Å². The fourth-order valence-electron chi connectivity index (χ4n) is 12.6. The molecular weight excluding hydrogens is 1030 g/mol. The molecule has 0 fully saturated rings. The van der Waals surface area contributed by atoms with E-state index in [9.17, 15) is 19.8 Å². The van der Waals surface area contributed by atoms with Gasteiger partial charge < -0.3 is 20.3 Å². The summed E-state index contributed by atoms with van der Waals surface area (Å²) in [6.07, 6.45) is 92.9. The number of esters is 1. The lowest BCUT2D eigenvalue weighted by Gasteiger charge is -2.22. The number of aliphatic hydroxyl groups is 2. The highest BCUT2D eigenvalue weighted by Gasteiger charge is 2.20. The van der Waals surface area contributed by atoms with Crippen LogP contribution in [-0.4, -0.2) is 47.4 Å². The summed E-state index contributed by atoms with van der Waals surface area (Å²) in [6, 6.07) is -0.540. The van der Waals surface area contributed by atoms with Crippen LogP contribution in [0, 0.1) is 0 Å². The van der Waals surface area contributed by atoms with E-state index in [0.29, 0.717) is 25.9 Å². The minimum absolute atomic E-state index is 0.0173. The van der Waals surface area contributed by atoms with Crippen molar-refractivity contribution in [3.8, 4) is 0 Å². The van der Waals surface area contributed by atoms with Gasteiger partial charge in [-0.3, -0.25) is 9.59 Å². The van der Waals surface area contributed by atoms with Crippen molar-refractivity contribution in [2.24, 2.45) is 0 Å². The Labute approximate surface area is 527 Å². The van der Waals surface area contributed by atoms with E-state index in [1.54, 1.807) is 0 Å². The highest BCUT2D eigenvalue weighted by atomic mass is 16.5. The predicted octanol–water partition coefficient (Wildman–Crippen LogP) is 25.5. The van der Waals surface area contributed by atoms with Gasteiger partial charge in [-0.05, 0) is 51.4 Å². The molecule has 1 amide bonds. The second-order valence-electron chi connectivity index (χ2n) is 27.0. The lowest BCUT2D eigenvalue weighted by molar-refractivity contribution is -0.143. The van der Waals surface area contributed by atoms with Crippen LogP contribution in [-0.2, 0) is 14.3 Å². The van der Waals surface area contributed by atoms with Gasteiger partial charge in [-0.25, -0.2) is 0 Å². The highest BCUT2D eigenvalue weighted by molar-refractivity contribution is 5.76. The molecule has 3 N–H and O–H groups in total. The number of rotatable bonds is 74. The van der Waals surface area contributed by atoms with Gasteiger partial charge in [-0.15, -0.1) is 0 Å². The average molecular weight is 1190 g/mol. The fraction of sp³-hybridized carbons (Fsp3) is 0.949. The molecule has 2 unspecified atom stereocenters. The summed E-state index contributed by atoms with van der Waals surface area (Å²) in [4.78, 5) is 24.7. The Morgan fingerprint density at radius 2 is 0.560 bits per heavy atom. The molecule has 0 bridgehead atoms. The van der Waals surface area contributed by atoms with Crippen LogP contribution in [0.2, 0.25) is 0 Å². The average Bonchev–Trinajstić information content (AvgIpc) is 3.53. The standard InChI is InChI=1S/C78H153NO5/c1-3-5-7-9-11-13-15-17-19-21-23-32-35-38-42-46-50-54-58-62-66-70-76(81)75(74-80)79-77(82)71-67-63-59-55-51-47-43-39-36-33-30-28-26-24-25-27-29-31-34-37-41-45-49-53-57-61-65-69-73-84-78(83)72-68-64-60-56-52-48-44-40-22-20-18-16-14-12-10-8-6-4-2/h20,22,75-76,80-81H,3-19,21,23-74H2,1-2H3,(H,79,82)/b22-20-. The SMILES string of the molecule is CCCCCCCCC/C=C\CCCCCCCCCC(=O)OCCCCCCCCCCCCCCCCCCCCCCCCCCCCCCC(=O)NC(CO)C(O)CCCCCCCCCCCCCCCCCCCCCCC. The molecule has 0 saturated heterocycles. The lowest BCUT2D eigenvalue weighted by atomic mass is 10.0. The summed E-state index contributed by atoms with van der Waals surface area (Å²) >= 11 is 0. The minimum Gasteiger partial charge on any atom is -0.466 e. The number of ether oxygens (including phenoxy) is 1. The molecule has 0 heterocycles. The second-order valence-corrected chi connectivity index (χ2v) is 27.0. The van der Waals surface area contributed by atoms with Gasteiger partial charge in [-0.2, -0.15) is 0 Å². The van der Waals surface area contributed by atoms with Gasteiger partial charge in [0.15, 0.2) is 0 Å². The number of hydrogen-bond acceptors (Lipinski definition) is 5. The maximum absolute atomic E-state index is 12.6. The van der Waals surface area contributed by atoms with E-state index in [-0.39, 0.29) is 18.5 Å². The number of allylic oxidation sites excluding steroid dienone is 2. The predicted molar refractivity (Wildman–Crippen MR) is 370 cm³/mol. The molecule has 500 valence electrons. The molecule has 0 aromatic heterocycles. The lowest BCUT2D eigenvalue weighted by Crippen LogP contribution is -2.45. The van der Waals surface area contributed by atoms with Gasteiger partial charge in [0.05, 0.1) is 25.4 Å². The van der Waals surface area contributed by atoms with Gasteiger partial charge in [0.2, 0.25) is 5.91 Å². The van der Waals surface area contributed by atoms with Gasteiger partial charge in [-0.1, -0.05) is 398 Å². The van der Waals surface area contributed by atoms with E-state index in [1.165, 1.54) is 372 Å². The third kappa shape index (κ3) is 69.7. The van der Waals surface area contributed by atoms with Crippen LogP contribution < -0.4 is 5.32 Å². The van der Waals surface area contributed by atoms with E-state index in [0.717, 1.165) is 44.9 Å². The Kier molecular flexibility index (Phi) is 72.8. The van der Waals surface area contributed by atoms with Crippen molar-refractivity contribution in [1.82, 2.24) is 5.32 Å². The van der Waals surface area contributed by atoms with E-state index in [1.807, 2.05) is 0 Å². The van der Waals surface area contributed by atoms with Crippen LogP contribution in [0.4, 0.5) is 0 Å². The van der Waals surface area contributed by atoms with Gasteiger partial charge >= 0.3 is 5.97 Å². The number of amides is 1. The van der Waals surface area contributed by atoms with Gasteiger partial charge in [0.25, 0.3) is 0 Å². The first kappa shape index (κ1) is 82.6. The van der Waals surface area contributed by atoms with Crippen molar-refractivity contribution in [3.63, 3.8) is 0 Å². The molecule has 0 saturated carbocycles. The smallest absolute Gasteiger partial charge is 0.305 e. The largest absolute Gasteiger partial charge is 0.466 e. The molecule has 6 heteroatoms. The number of aliphatic hydroxyl groups excluding tert-OH is 2. The normalized spacial score (nSPS) is 12.5. The molecule has 6 nitrogen and oxygen atoms in total. The second kappa shape index (κ2) is 74.1. The Morgan fingerprint density at radius 3 is 0.845 bits per heavy atom. The molecular formula is C78H153NO5. The van der Waals surface area contributed by atoms with Crippen molar-refractivity contribution in [3.05, 3.63) is 12.2 Å². The Hall–Kier alpha value is -1.40. The summed E-state index contributed by atoms with van der Waals surface area (Å²) < 4.78 is 5.51. The quantitative estimate of drug-likeness (QED) is 0.0320. The van der Waals surface area contributed by atoms with Crippen molar-refractivity contribution in [2.75, 3.05) is 13.2 Å². The zero-order chi connectivity index (χ0) is 60.6. The fourth-order valence-corrected chi connectivity index (χ4v) is 12.6. The van der Waals surface area contributed by atoms with E-state index in [2.05, 4.69) is 31.3 Å². The Balaban J connectivity index is 3.33. The van der Waals surface area contributed by atoms with E-state index >= 15 is 0 Å². The van der Waals surface area contributed by atoms with Crippen LogP contribution in [0.1, 0.15) is 450 Å². The monoisotopic (exact) mass is 1180 g/mol. The van der Waals surface area contributed by atoms with Crippen LogP contribution in [0.15, 0.2) is 12.2 Å². The molecule has 0 aliphatic rings. The number of nitrogens with one attached hydrogen (secondary N) is 1. The number of unbranched alkanes of at least 4 members (excludes halogenated alkanes) is 61. The first-order chi connectivity index (χ1) is 41.5. The van der Waals surface area contributed by atoms with Gasteiger partial charge in [0.1, 0.15) is 0 Å².